The Hall–Kier alpha value is -1.79. The first-order chi connectivity index (χ1) is 18.2. The molecule has 2 atom stereocenters. The van der Waals surface area contributed by atoms with E-state index in [2.05, 4.69) is 140 Å². The molecule has 1 aromatic rings. The summed E-state index contributed by atoms with van der Waals surface area (Å²) in [6.07, 6.45) is 4.97. The van der Waals surface area contributed by atoms with Crippen LogP contribution in [0.4, 0.5) is 4.79 Å². The van der Waals surface area contributed by atoms with Crippen LogP contribution in [0.2, 0.25) is 0 Å². The van der Waals surface area contributed by atoms with Gasteiger partial charge in [0.1, 0.15) is 11.9 Å². The Morgan fingerprint density at radius 3 is 1.78 bits per heavy atom. The molecule has 0 aliphatic heterocycles. The number of ether oxygens (including phenoxy) is 1. The largest absolute Gasteiger partial charge is 0.507 e. The number of alkyl carbamates (subject to hydrolysis) is 1. The molecule has 1 aliphatic carbocycles. The predicted molar refractivity (Wildman–Crippen MR) is 180 cm³/mol. The highest BCUT2D eigenvalue weighted by molar-refractivity contribution is 8.20. The van der Waals surface area contributed by atoms with Crippen LogP contribution in [0.25, 0.3) is 0 Å². The molecule has 0 spiro atoms. The lowest BCUT2D eigenvalue weighted by Gasteiger charge is -2.50. The average molecular weight is 602 g/mol. The summed E-state index contributed by atoms with van der Waals surface area (Å²) in [6, 6.07) is 4.31. The van der Waals surface area contributed by atoms with Crippen molar-refractivity contribution in [2.75, 3.05) is 0 Å². The van der Waals surface area contributed by atoms with Crippen molar-refractivity contribution in [1.29, 1.82) is 0 Å². The molecular weight excluding hydrogens is 547 g/mol. The molecule has 0 aromatic heterocycles. The first kappa shape index (κ1) is 35.4. The lowest BCUT2D eigenvalue weighted by molar-refractivity contribution is -0.00654. The van der Waals surface area contributed by atoms with Crippen molar-refractivity contribution in [3.8, 4) is 5.75 Å². The molecule has 230 valence electrons. The molecule has 1 aromatic carbocycles. The lowest BCUT2D eigenvalue weighted by atomic mass is 9.59. The number of thioether (sulfide) groups is 2. The quantitative estimate of drug-likeness (QED) is 0.251. The molecule has 1 aliphatic rings. The highest BCUT2D eigenvalue weighted by Crippen LogP contribution is 2.56. The molecule has 2 rings (SSSR count). The number of hydrogen-bond acceptors (Lipinski definition) is 5. The Kier molecular flexibility index (Phi) is 10.1. The van der Waals surface area contributed by atoms with E-state index >= 15 is 0 Å². The number of nitrogens with one attached hydrogen (secondary N) is 1. The van der Waals surface area contributed by atoms with Gasteiger partial charge in [-0.25, -0.2) is 4.79 Å². The summed E-state index contributed by atoms with van der Waals surface area (Å²) in [5, 5.41) is 13.8. The first-order valence-electron chi connectivity index (χ1n) is 14.5. The van der Waals surface area contributed by atoms with Gasteiger partial charge < -0.3 is 9.84 Å². The van der Waals surface area contributed by atoms with Gasteiger partial charge in [-0.2, -0.15) is 0 Å². The van der Waals surface area contributed by atoms with E-state index in [4.69, 9.17) is 4.74 Å². The van der Waals surface area contributed by atoms with Gasteiger partial charge in [-0.1, -0.05) is 103 Å². The van der Waals surface area contributed by atoms with Crippen molar-refractivity contribution in [3.05, 3.63) is 58.7 Å². The van der Waals surface area contributed by atoms with Gasteiger partial charge in [0.25, 0.3) is 0 Å². The van der Waals surface area contributed by atoms with Gasteiger partial charge in [0, 0.05) is 26.3 Å². The Morgan fingerprint density at radius 1 is 0.902 bits per heavy atom. The molecule has 0 radical (unpaired) electrons. The second kappa shape index (κ2) is 11.7. The SMILES string of the molecule is C=CNC(=O)OC1C(C(C)(C)C)=CC(SC(C)(C)Sc2cc(C(C)(C)C)c(O)c(C(C)(C)C)c2)=CC1(C)C(C)(C)C. The summed E-state index contributed by atoms with van der Waals surface area (Å²) in [5.74, 6) is 0.403. The van der Waals surface area contributed by atoms with E-state index in [-0.39, 0.29) is 25.7 Å². The number of phenols is 1. The number of allylic oxidation sites excluding steroid dienone is 1. The Bertz CT molecular complexity index is 1180. The zero-order chi connectivity index (χ0) is 32.0. The fourth-order valence-electron chi connectivity index (χ4n) is 5.05. The third-order valence-electron chi connectivity index (χ3n) is 7.92. The number of phenolic OH excluding ortho intramolecular Hbond substituents is 1. The standard InChI is InChI=1S/C35H55NO3S2/c1-17-36-29(38)39-28-26(32(8,9)10)20-23(21-35(28,16)33(11,12)13)41-34(14,15)40-22-18-24(30(2,3)4)27(37)25(19-22)31(5,6)7/h17-21,28,37H,1H2,2-16H3,(H,36,38). The maximum Gasteiger partial charge on any atom is 0.411 e. The number of aromatic hydroxyl groups is 1. The molecular formula is C35H55NO3S2. The van der Waals surface area contributed by atoms with Crippen LogP contribution in [0.1, 0.15) is 115 Å². The minimum Gasteiger partial charge on any atom is -0.507 e. The maximum absolute atomic E-state index is 12.7. The van der Waals surface area contributed by atoms with Crippen LogP contribution in [-0.4, -0.2) is 21.4 Å². The van der Waals surface area contributed by atoms with Crippen molar-refractivity contribution < 1.29 is 14.6 Å². The molecule has 2 unspecified atom stereocenters. The van der Waals surface area contributed by atoms with E-state index in [1.807, 2.05) is 23.5 Å². The Morgan fingerprint density at radius 2 is 1.39 bits per heavy atom. The van der Waals surface area contributed by atoms with Crippen LogP contribution in [0.5, 0.6) is 5.75 Å². The van der Waals surface area contributed by atoms with Gasteiger partial charge in [-0.3, -0.25) is 5.32 Å². The van der Waals surface area contributed by atoms with Crippen LogP contribution in [-0.2, 0) is 15.6 Å². The van der Waals surface area contributed by atoms with Gasteiger partial charge in [-0.05, 0) is 65.5 Å². The van der Waals surface area contributed by atoms with E-state index < -0.39 is 17.6 Å². The second-order valence-electron chi connectivity index (χ2n) is 16.0. The first-order valence-corrected chi connectivity index (χ1v) is 16.2. The smallest absolute Gasteiger partial charge is 0.411 e. The number of carbonyl (C=O) groups excluding carboxylic acids is 1. The van der Waals surface area contributed by atoms with Gasteiger partial charge in [0.15, 0.2) is 0 Å². The molecule has 2 N–H and O–H groups in total. The van der Waals surface area contributed by atoms with Crippen molar-refractivity contribution in [3.63, 3.8) is 0 Å². The summed E-state index contributed by atoms with van der Waals surface area (Å²) in [6.45, 7) is 36.4. The van der Waals surface area contributed by atoms with Crippen molar-refractivity contribution >= 4 is 29.6 Å². The number of amides is 1. The minimum atomic E-state index is -0.493. The molecule has 0 bridgehead atoms. The molecule has 0 fully saturated rings. The van der Waals surface area contributed by atoms with E-state index in [0.717, 1.165) is 21.6 Å². The topological polar surface area (TPSA) is 58.6 Å². The van der Waals surface area contributed by atoms with Crippen molar-refractivity contribution in [1.82, 2.24) is 5.32 Å². The molecule has 4 nitrogen and oxygen atoms in total. The third-order valence-corrected chi connectivity index (χ3v) is 10.3. The third kappa shape index (κ3) is 8.40. The van der Waals surface area contributed by atoms with E-state index in [1.54, 1.807) is 0 Å². The van der Waals surface area contributed by atoms with Crippen LogP contribution in [0.3, 0.4) is 0 Å². The van der Waals surface area contributed by atoms with Gasteiger partial charge in [-0.15, -0.1) is 23.5 Å². The lowest BCUT2D eigenvalue weighted by Crippen LogP contribution is -2.49. The van der Waals surface area contributed by atoms with Crippen molar-refractivity contribution in [2.24, 2.45) is 16.2 Å². The highest BCUT2D eigenvalue weighted by atomic mass is 32.2. The zero-order valence-electron chi connectivity index (χ0n) is 28.3. The van der Waals surface area contributed by atoms with Gasteiger partial charge in [0.2, 0.25) is 0 Å². The number of benzene rings is 1. The fraction of sp³-hybridized carbons (Fsp3) is 0.629. The fourth-order valence-corrected chi connectivity index (χ4v) is 7.77. The van der Waals surface area contributed by atoms with Crippen LogP contribution in [0, 0.1) is 16.2 Å². The Balaban J connectivity index is 2.62. The molecule has 41 heavy (non-hydrogen) atoms. The number of carbonyl (C=O) groups is 1. The molecule has 0 saturated carbocycles. The summed E-state index contributed by atoms with van der Waals surface area (Å²) in [7, 11) is 0. The van der Waals surface area contributed by atoms with E-state index in [0.29, 0.717) is 5.75 Å². The molecule has 6 heteroatoms. The van der Waals surface area contributed by atoms with Crippen LogP contribution < -0.4 is 5.32 Å². The normalized spacial score (nSPS) is 20.7. The van der Waals surface area contributed by atoms with Crippen LogP contribution in [0.15, 0.2) is 52.4 Å². The minimum absolute atomic E-state index is 0.185. The maximum atomic E-state index is 12.7. The average Bonchev–Trinajstić information content (AvgIpc) is 2.73. The summed E-state index contributed by atoms with van der Waals surface area (Å²) < 4.78 is 5.89. The highest BCUT2D eigenvalue weighted by Gasteiger charge is 2.51. The summed E-state index contributed by atoms with van der Waals surface area (Å²) >= 11 is 3.65. The Labute approximate surface area is 259 Å². The second-order valence-corrected chi connectivity index (χ2v) is 19.7. The van der Waals surface area contributed by atoms with E-state index in [1.165, 1.54) is 11.1 Å². The number of hydrogen-bond donors (Lipinski definition) is 2. The van der Waals surface area contributed by atoms with Gasteiger partial charge >= 0.3 is 6.09 Å². The molecule has 1 amide bonds. The van der Waals surface area contributed by atoms with Gasteiger partial charge in [0.05, 0.1) is 4.08 Å². The number of rotatable bonds is 6. The zero-order valence-corrected chi connectivity index (χ0v) is 29.9. The van der Waals surface area contributed by atoms with E-state index in [9.17, 15) is 9.90 Å². The predicted octanol–water partition coefficient (Wildman–Crippen LogP) is 10.7. The molecule has 0 heterocycles. The summed E-state index contributed by atoms with van der Waals surface area (Å²) in [4.78, 5) is 15.0. The summed E-state index contributed by atoms with van der Waals surface area (Å²) in [5.41, 5.74) is 1.79. The van der Waals surface area contributed by atoms with Crippen molar-refractivity contribution in [2.45, 2.75) is 130 Å². The van der Waals surface area contributed by atoms with Crippen LogP contribution >= 0.6 is 23.5 Å². The monoisotopic (exact) mass is 601 g/mol. The molecule has 0 saturated heterocycles.